The van der Waals surface area contributed by atoms with Crippen molar-refractivity contribution in [2.45, 2.75) is 38.1 Å². The number of nitrogens with two attached hydrogens (primary N) is 1. The fourth-order valence-corrected chi connectivity index (χ4v) is 2.99. The molecule has 2 fully saturated rings. The van der Waals surface area contributed by atoms with Gasteiger partial charge in [0.25, 0.3) is 0 Å². The molecule has 82 valence electrons. The van der Waals surface area contributed by atoms with Crippen molar-refractivity contribution in [1.82, 2.24) is 10.2 Å². The van der Waals surface area contributed by atoms with Crippen LogP contribution in [0.4, 0.5) is 12.0 Å². The monoisotopic (exact) mass is 208 g/mol. The topological polar surface area (TPSA) is 68.2 Å². The zero-order chi connectivity index (χ0) is 10.3. The highest BCUT2D eigenvalue weighted by molar-refractivity contribution is 5.32. The molecule has 1 aliphatic carbocycles. The molecule has 3 rings (SSSR count). The molecule has 0 amide bonds. The fourth-order valence-electron chi connectivity index (χ4n) is 2.99. The normalized spacial score (nSPS) is 30.5. The van der Waals surface area contributed by atoms with Crippen molar-refractivity contribution < 1.29 is 4.42 Å². The van der Waals surface area contributed by atoms with Gasteiger partial charge in [0.15, 0.2) is 0 Å². The van der Waals surface area contributed by atoms with Crippen LogP contribution in [0.5, 0.6) is 0 Å². The summed E-state index contributed by atoms with van der Waals surface area (Å²) in [5, 5.41) is 7.69. The van der Waals surface area contributed by atoms with Crippen LogP contribution in [0.15, 0.2) is 4.42 Å². The van der Waals surface area contributed by atoms with Crippen LogP contribution in [0.1, 0.15) is 32.1 Å². The van der Waals surface area contributed by atoms with Crippen LogP contribution in [0.25, 0.3) is 0 Å². The predicted molar refractivity (Wildman–Crippen MR) is 56.4 cm³/mol. The molecule has 0 spiro atoms. The first-order chi connectivity index (χ1) is 7.34. The summed E-state index contributed by atoms with van der Waals surface area (Å²) >= 11 is 0. The third-order valence-corrected chi connectivity index (χ3v) is 3.69. The number of fused-ring (bicyclic) bond motifs is 1. The van der Waals surface area contributed by atoms with Gasteiger partial charge in [0.05, 0.1) is 0 Å². The molecule has 1 aromatic rings. The van der Waals surface area contributed by atoms with Crippen LogP contribution in [0, 0.1) is 5.92 Å². The van der Waals surface area contributed by atoms with Crippen molar-refractivity contribution in [2.75, 3.05) is 17.2 Å². The number of hydrogen-bond acceptors (Lipinski definition) is 5. The van der Waals surface area contributed by atoms with E-state index >= 15 is 0 Å². The fraction of sp³-hybridized carbons (Fsp3) is 0.800. The lowest BCUT2D eigenvalue weighted by atomic mass is 9.85. The van der Waals surface area contributed by atoms with E-state index in [9.17, 15) is 0 Å². The molecule has 0 aromatic carbocycles. The summed E-state index contributed by atoms with van der Waals surface area (Å²) in [6, 6.07) is 1.39. The molecule has 15 heavy (non-hydrogen) atoms. The molecule has 5 nitrogen and oxygen atoms in total. The van der Waals surface area contributed by atoms with E-state index in [1.165, 1.54) is 32.1 Å². The van der Waals surface area contributed by atoms with Gasteiger partial charge < -0.3 is 15.1 Å². The third kappa shape index (κ3) is 1.46. The Hall–Kier alpha value is -1.26. The minimum absolute atomic E-state index is 0.171. The van der Waals surface area contributed by atoms with E-state index in [4.69, 9.17) is 10.2 Å². The van der Waals surface area contributed by atoms with Crippen LogP contribution in [-0.4, -0.2) is 22.8 Å². The highest BCUT2D eigenvalue weighted by atomic mass is 16.4. The molecule has 2 atom stereocenters. The van der Waals surface area contributed by atoms with Gasteiger partial charge in [-0.15, -0.1) is 0 Å². The van der Waals surface area contributed by atoms with Crippen LogP contribution < -0.4 is 10.6 Å². The second-order valence-electron chi connectivity index (χ2n) is 4.52. The first-order valence-electron chi connectivity index (χ1n) is 5.70. The average Bonchev–Trinajstić information content (AvgIpc) is 2.83. The highest BCUT2D eigenvalue weighted by Crippen LogP contribution is 2.38. The van der Waals surface area contributed by atoms with Crippen molar-refractivity contribution in [2.24, 2.45) is 5.92 Å². The van der Waals surface area contributed by atoms with Gasteiger partial charge in [-0.3, -0.25) is 0 Å². The molecule has 2 unspecified atom stereocenters. The highest BCUT2D eigenvalue weighted by Gasteiger charge is 2.37. The zero-order valence-electron chi connectivity index (χ0n) is 8.72. The summed E-state index contributed by atoms with van der Waals surface area (Å²) in [6.07, 6.45) is 6.56. The maximum atomic E-state index is 5.45. The number of anilines is 2. The summed E-state index contributed by atoms with van der Waals surface area (Å²) < 4.78 is 5.30. The van der Waals surface area contributed by atoms with E-state index in [-0.39, 0.29) is 6.01 Å². The Balaban J connectivity index is 1.82. The zero-order valence-corrected chi connectivity index (χ0v) is 8.72. The Bertz CT molecular complexity index is 351. The molecule has 1 aliphatic heterocycles. The van der Waals surface area contributed by atoms with Gasteiger partial charge in [0.1, 0.15) is 0 Å². The molecule has 2 N–H and O–H groups in total. The smallest absolute Gasteiger partial charge is 0.319 e. The number of nitrogens with zero attached hydrogens (tertiary/aromatic N) is 3. The molecule has 2 heterocycles. The SMILES string of the molecule is Nc1nnc(N2CCC3CCCCC32)o1. The quantitative estimate of drug-likeness (QED) is 0.756. The summed E-state index contributed by atoms with van der Waals surface area (Å²) in [7, 11) is 0. The maximum absolute atomic E-state index is 5.45. The maximum Gasteiger partial charge on any atom is 0.319 e. The van der Waals surface area contributed by atoms with Crippen molar-refractivity contribution in [3.63, 3.8) is 0 Å². The first-order valence-corrected chi connectivity index (χ1v) is 5.70. The Morgan fingerprint density at radius 3 is 2.87 bits per heavy atom. The van der Waals surface area contributed by atoms with Gasteiger partial charge in [0.2, 0.25) is 0 Å². The third-order valence-electron chi connectivity index (χ3n) is 3.69. The number of aromatic nitrogens is 2. The van der Waals surface area contributed by atoms with Crippen molar-refractivity contribution in [1.29, 1.82) is 0 Å². The second-order valence-corrected chi connectivity index (χ2v) is 4.52. The van der Waals surface area contributed by atoms with E-state index < -0.39 is 0 Å². The van der Waals surface area contributed by atoms with E-state index in [0.717, 1.165) is 12.5 Å². The van der Waals surface area contributed by atoms with Gasteiger partial charge in [-0.1, -0.05) is 23.0 Å². The van der Waals surface area contributed by atoms with Crippen LogP contribution in [0.3, 0.4) is 0 Å². The first kappa shape index (κ1) is 9.00. The van der Waals surface area contributed by atoms with E-state index in [1.807, 2.05) is 0 Å². The molecule has 2 aliphatic rings. The average molecular weight is 208 g/mol. The molecular formula is C10H16N4O. The standard InChI is InChI=1S/C10H16N4O/c11-9-12-13-10(15-9)14-6-5-7-3-1-2-4-8(7)14/h7-8H,1-6H2,(H2,11,12). The number of rotatable bonds is 1. The summed E-state index contributed by atoms with van der Waals surface area (Å²) in [4.78, 5) is 2.24. The van der Waals surface area contributed by atoms with Gasteiger partial charge in [-0.05, 0) is 25.2 Å². The second kappa shape index (κ2) is 3.40. The summed E-state index contributed by atoms with van der Waals surface area (Å²) in [5.41, 5.74) is 5.45. The summed E-state index contributed by atoms with van der Waals surface area (Å²) in [6.45, 7) is 1.04. The van der Waals surface area contributed by atoms with E-state index in [2.05, 4.69) is 15.1 Å². The lowest BCUT2D eigenvalue weighted by Crippen LogP contribution is -2.34. The minimum atomic E-state index is 0.171. The van der Waals surface area contributed by atoms with Crippen molar-refractivity contribution in [3.05, 3.63) is 0 Å². The van der Waals surface area contributed by atoms with Crippen LogP contribution in [0.2, 0.25) is 0 Å². The van der Waals surface area contributed by atoms with Crippen LogP contribution >= 0.6 is 0 Å². The molecule has 1 aromatic heterocycles. The number of nitrogen functional groups attached to an aromatic ring is 1. The Morgan fingerprint density at radius 1 is 1.20 bits per heavy atom. The van der Waals surface area contributed by atoms with Crippen molar-refractivity contribution in [3.8, 4) is 0 Å². The van der Waals surface area contributed by atoms with Crippen molar-refractivity contribution >= 4 is 12.0 Å². The minimum Gasteiger partial charge on any atom is -0.390 e. The van der Waals surface area contributed by atoms with Gasteiger partial charge in [0, 0.05) is 12.6 Å². The molecule has 0 bridgehead atoms. The molecule has 1 saturated heterocycles. The lowest BCUT2D eigenvalue weighted by Gasteiger charge is -2.30. The van der Waals surface area contributed by atoms with E-state index in [0.29, 0.717) is 12.1 Å². The van der Waals surface area contributed by atoms with Crippen LogP contribution in [-0.2, 0) is 0 Å². The molecule has 5 heteroatoms. The Labute approximate surface area is 88.6 Å². The number of hydrogen-bond donors (Lipinski definition) is 1. The van der Waals surface area contributed by atoms with Gasteiger partial charge in [-0.25, -0.2) is 0 Å². The lowest BCUT2D eigenvalue weighted by molar-refractivity contribution is 0.336. The Morgan fingerprint density at radius 2 is 2.07 bits per heavy atom. The largest absolute Gasteiger partial charge is 0.390 e. The van der Waals surface area contributed by atoms with E-state index in [1.54, 1.807) is 0 Å². The molecule has 1 saturated carbocycles. The predicted octanol–water partition coefficient (Wildman–Crippen LogP) is 1.42. The van der Waals surface area contributed by atoms with Gasteiger partial charge in [-0.2, -0.15) is 0 Å². The Kier molecular flexibility index (Phi) is 2.04. The van der Waals surface area contributed by atoms with Gasteiger partial charge >= 0.3 is 12.0 Å². The molecular weight excluding hydrogens is 192 g/mol. The summed E-state index contributed by atoms with van der Waals surface area (Å²) in [5.74, 6) is 0.826. The molecule has 0 radical (unpaired) electrons.